The standard InChI is InChI=1S/C12H22N4O3S/c1-3-7-16-8-11(12(13)14-16)20(17,18)15-9-5-4-6-10(9)19-2/h8-10,15H,3-7H2,1-2H3,(H2,13,14). The number of anilines is 1. The van der Waals surface area contributed by atoms with E-state index in [1.54, 1.807) is 11.8 Å². The highest BCUT2D eigenvalue weighted by molar-refractivity contribution is 7.89. The van der Waals surface area contributed by atoms with E-state index in [2.05, 4.69) is 9.82 Å². The predicted molar refractivity (Wildman–Crippen MR) is 75.7 cm³/mol. The number of nitrogens with one attached hydrogen (secondary N) is 1. The molecule has 2 rings (SSSR count). The number of rotatable bonds is 6. The zero-order valence-corrected chi connectivity index (χ0v) is 12.7. The Morgan fingerprint density at radius 1 is 1.55 bits per heavy atom. The lowest BCUT2D eigenvalue weighted by Crippen LogP contribution is -2.40. The fraction of sp³-hybridized carbons (Fsp3) is 0.750. The summed E-state index contributed by atoms with van der Waals surface area (Å²) in [4.78, 5) is 0.0488. The molecule has 7 nitrogen and oxygen atoms in total. The summed E-state index contributed by atoms with van der Waals surface area (Å²) < 4.78 is 34.3. The van der Waals surface area contributed by atoms with Crippen LogP contribution in [0.1, 0.15) is 32.6 Å². The van der Waals surface area contributed by atoms with Crippen LogP contribution >= 0.6 is 0 Å². The average Bonchev–Trinajstić information content (AvgIpc) is 2.96. The molecule has 0 amide bonds. The van der Waals surface area contributed by atoms with E-state index >= 15 is 0 Å². The van der Waals surface area contributed by atoms with Crippen molar-refractivity contribution in [2.24, 2.45) is 0 Å². The van der Waals surface area contributed by atoms with Crippen LogP contribution in [0.15, 0.2) is 11.1 Å². The van der Waals surface area contributed by atoms with Gasteiger partial charge in [0.2, 0.25) is 10.0 Å². The summed E-state index contributed by atoms with van der Waals surface area (Å²) >= 11 is 0. The molecule has 0 saturated heterocycles. The van der Waals surface area contributed by atoms with Gasteiger partial charge in [0.25, 0.3) is 0 Å². The number of sulfonamides is 1. The van der Waals surface area contributed by atoms with Crippen molar-refractivity contribution in [1.82, 2.24) is 14.5 Å². The molecule has 1 saturated carbocycles. The van der Waals surface area contributed by atoms with Crippen LogP contribution in [0, 0.1) is 0 Å². The molecule has 0 spiro atoms. The lowest BCUT2D eigenvalue weighted by molar-refractivity contribution is 0.0916. The van der Waals surface area contributed by atoms with Gasteiger partial charge in [0, 0.05) is 25.9 Å². The predicted octanol–water partition coefficient (Wildman–Crippen LogP) is 0.721. The number of nitrogens with two attached hydrogens (primary N) is 1. The monoisotopic (exact) mass is 302 g/mol. The summed E-state index contributed by atoms with van der Waals surface area (Å²) in [6, 6.07) is -0.195. The van der Waals surface area contributed by atoms with Crippen LogP contribution in [0.25, 0.3) is 0 Å². The smallest absolute Gasteiger partial charge is 0.246 e. The molecule has 1 fully saturated rings. The van der Waals surface area contributed by atoms with E-state index < -0.39 is 10.0 Å². The highest BCUT2D eigenvalue weighted by Crippen LogP contribution is 2.24. The van der Waals surface area contributed by atoms with Gasteiger partial charge in [-0.25, -0.2) is 13.1 Å². The maximum Gasteiger partial charge on any atom is 0.246 e. The van der Waals surface area contributed by atoms with Crippen LogP contribution in [-0.4, -0.2) is 37.5 Å². The van der Waals surface area contributed by atoms with Gasteiger partial charge >= 0.3 is 0 Å². The molecule has 0 aromatic carbocycles. The van der Waals surface area contributed by atoms with Gasteiger partial charge in [0.15, 0.2) is 5.82 Å². The molecule has 0 aliphatic heterocycles. The van der Waals surface area contributed by atoms with Gasteiger partial charge in [0.05, 0.1) is 6.10 Å². The highest BCUT2D eigenvalue weighted by Gasteiger charge is 2.32. The third-order valence-corrected chi connectivity index (χ3v) is 5.07. The van der Waals surface area contributed by atoms with Crippen molar-refractivity contribution in [3.63, 3.8) is 0 Å². The van der Waals surface area contributed by atoms with Gasteiger partial charge in [-0.3, -0.25) is 4.68 Å². The Morgan fingerprint density at radius 3 is 2.95 bits per heavy atom. The first-order valence-electron chi connectivity index (χ1n) is 6.86. The minimum atomic E-state index is -3.65. The van der Waals surface area contributed by atoms with Crippen LogP contribution in [0.4, 0.5) is 5.82 Å². The number of nitrogen functional groups attached to an aromatic ring is 1. The summed E-state index contributed by atoms with van der Waals surface area (Å²) in [5, 5.41) is 4.02. The van der Waals surface area contributed by atoms with Crippen molar-refractivity contribution in [3.05, 3.63) is 6.20 Å². The van der Waals surface area contributed by atoms with E-state index in [9.17, 15) is 8.42 Å². The third kappa shape index (κ3) is 3.13. The second kappa shape index (κ2) is 6.11. The van der Waals surface area contributed by atoms with Crippen LogP contribution in [-0.2, 0) is 21.3 Å². The number of hydrogen-bond donors (Lipinski definition) is 2. The van der Waals surface area contributed by atoms with Crippen molar-refractivity contribution in [2.75, 3.05) is 12.8 Å². The van der Waals surface area contributed by atoms with Gasteiger partial charge < -0.3 is 10.5 Å². The minimum absolute atomic E-state index is 0.0397. The molecule has 1 aliphatic carbocycles. The minimum Gasteiger partial charge on any atom is -0.381 e. The molecule has 1 aromatic heterocycles. The second-order valence-corrected chi connectivity index (χ2v) is 6.76. The SMILES string of the molecule is CCCn1cc(S(=O)(=O)NC2CCCC2OC)c(N)n1. The quantitative estimate of drug-likeness (QED) is 0.806. The van der Waals surface area contributed by atoms with E-state index in [4.69, 9.17) is 10.5 Å². The molecule has 8 heteroatoms. The first-order chi connectivity index (χ1) is 9.47. The Bertz CT molecular complexity index is 555. The molecule has 1 aliphatic rings. The molecule has 114 valence electrons. The van der Waals surface area contributed by atoms with Crippen molar-refractivity contribution in [2.45, 2.75) is 56.2 Å². The molecule has 1 heterocycles. The summed E-state index contributed by atoms with van der Waals surface area (Å²) in [6.07, 6.45) is 4.88. The van der Waals surface area contributed by atoms with Crippen LogP contribution in [0.2, 0.25) is 0 Å². The molecule has 3 N–H and O–H groups in total. The normalized spacial score (nSPS) is 23.3. The Kier molecular flexibility index (Phi) is 4.66. The lowest BCUT2D eigenvalue weighted by atomic mass is 10.2. The molecular formula is C12H22N4O3S. The Balaban J connectivity index is 2.17. The fourth-order valence-electron chi connectivity index (χ4n) is 2.57. The van der Waals surface area contributed by atoms with Crippen LogP contribution in [0.3, 0.4) is 0 Å². The number of methoxy groups -OCH3 is 1. The first kappa shape index (κ1) is 15.3. The molecule has 20 heavy (non-hydrogen) atoms. The molecule has 2 unspecified atom stereocenters. The van der Waals surface area contributed by atoms with E-state index in [-0.39, 0.29) is 22.9 Å². The number of hydrogen-bond acceptors (Lipinski definition) is 5. The van der Waals surface area contributed by atoms with Gasteiger partial charge in [-0.05, 0) is 25.7 Å². The summed E-state index contributed by atoms with van der Waals surface area (Å²) in [6.45, 7) is 2.63. The first-order valence-corrected chi connectivity index (χ1v) is 8.34. The number of aromatic nitrogens is 2. The van der Waals surface area contributed by atoms with Gasteiger partial charge in [-0.15, -0.1) is 0 Å². The van der Waals surface area contributed by atoms with E-state index in [1.165, 1.54) is 6.20 Å². The fourth-order valence-corrected chi connectivity index (χ4v) is 3.95. The Hall–Kier alpha value is -1.12. The maximum absolute atomic E-state index is 12.4. The van der Waals surface area contributed by atoms with Crippen LogP contribution < -0.4 is 10.5 Å². The second-order valence-electron chi connectivity index (χ2n) is 5.07. The van der Waals surface area contributed by atoms with E-state index in [0.29, 0.717) is 6.54 Å². The Morgan fingerprint density at radius 2 is 2.30 bits per heavy atom. The van der Waals surface area contributed by atoms with E-state index in [0.717, 1.165) is 25.7 Å². The highest BCUT2D eigenvalue weighted by atomic mass is 32.2. The lowest BCUT2D eigenvalue weighted by Gasteiger charge is -2.19. The molecule has 0 bridgehead atoms. The van der Waals surface area contributed by atoms with Gasteiger partial charge in [0.1, 0.15) is 4.90 Å². The largest absolute Gasteiger partial charge is 0.381 e. The average molecular weight is 302 g/mol. The van der Waals surface area contributed by atoms with Crippen molar-refractivity contribution < 1.29 is 13.2 Å². The number of aryl methyl sites for hydroxylation is 1. The molecule has 0 radical (unpaired) electrons. The third-order valence-electron chi connectivity index (χ3n) is 3.56. The van der Waals surface area contributed by atoms with Crippen molar-refractivity contribution >= 4 is 15.8 Å². The topological polar surface area (TPSA) is 99.2 Å². The summed E-state index contributed by atoms with van der Waals surface area (Å²) in [5.74, 6) is 0.0397. The van der Waals surface area contributed by atoms with E-state index in [1.807, 2.05) is 6.92 Å². The summed E-state index contributed by atoms with van der Waals surface area (Å²) in [5.41, 5.74) is 5.72. The molecule has 1 aromatic rings. The zero-order valence-electron chi connectivity index (χ0n) is 11.9. The van der Waals surface area contributed by atoms with Crippen LogP contribution in [0.5, 0.6) is 0 Å². The van der Waals surface area contributed by atoms with Crippen molar-refractivity contribution in [1.29, 1.82) is 0 Å². The molecular weight excluding hydrogens is 280 g/mol. The Labute approximate surface area is 119 Å². The van der Waals surface area contributed by atoms with Crippen molar-refractivity contribution in [3.8, 4) is 0 Å². The number of ether oxygens (including phenoxy) is 1. The zero-order chi connectivity index (χ0) is 14.8. The van der Waals surface area contributed by atoms with Gasteiger partial charge in [-0.1, -0.05) is 6.92 Å². The number of nitrogens with zero attached hydrogens (tertiary/aromatic N) is 2. The summed E-state index contributed by atoms with van der Waals surface area (Å²) in [7, 11) is -2.05. The van der Waals surface area contributed by atoms with Gasteiger partial charge in [-0.2, -0.15) is 5.10 Å². The maximum atomic E-state index is 12.4. The molecule has 2 atom stereocenters.